The number of likely N-dealkylation sites (tertiary alicyclic amines) is 1. The number of ether oxygens (including phenoxy) is 1. The van der Waals surface area contributed by atoms with E-state index in [1.807, 2.05) is 0 Å². The van der Waals surface area contributed by atoms with E-state index in [1.54, 1.807) is 18.2 Å². The molecule has 10 heteroatoms. The van der Waals surface area contributed by atoms with Crippen LogP contribution in [0.4, 0.5) is 0 Å². The van der Waals surface area contributed by atoms with Gasteiger partial charge in [-0.15, -0.1) is 0 Å². The predicted molar refractivity (Wildman–Crippen MR) is 115 cm³/mol. The van der Waals surface area contributed by atoms with Crippen molar-refractivity contribution in [2.45, 2.75) is 43.5 Å². The van der Waals surface area contributed by atoms with Crippen molar-refractivity contribution in [1.29, 1.82) is 0 Å². The van der Waals surface area contributed by atoms with Crippen molar-refractivity contribution in [1.82, 2.24) is 14.5 Å². The number of benzene rings is 1. The molecule has 0 bridgehead atoms. The number of hydrogen-bond donors (Lipinski definition) is 1. The van der Waals surface area contributed by atoms with E-state index < -0.39 is 10.0 Å². The highest BCUT2D eigenvalue weighted by molar-refractivity contribution is 7.89. The third kappa shape index (κ3) is 4.57. The second-order valence-electron chi connectivity index (χ2n) is 8.48. The first-order chi connectivity index (χ1) is 15.4. The van der Waals surface area contributed by atoms with Gasteiger partial charge in [0.05, 0.1) is 29.9 Å². The van der Waals surface area contributed by atoms with Crippen LogP contribution >= 0.6 is 0 Å². The van der Waals surface area contributed by atoms with Crippen molar-refractivity contribution in [3.8, 4) is 0 Å². The molecule has 3 amide bonds. The lowest BCUT2D eigenvalue weighted by Gasteiger charge is -2.27. The summed E-state index contributed by atoms with van der Waals surface area (Å²) in [5.74, 6) is -1.10. The van der Waals surface area contributed by atoms with Gasteiger partial charge in [0.2, 0.25) is 27.7 Å². The van der Waals surface area contributed by atoms with Crippen molar-refractivity contribution >= 4 is 27.7 Å². The quantitative estimate of drug-likeness (QED) is 0.601. The number of nitrogens with zero attached hydrogens (tertiary/aromatic N) is 2. The maximum absolute atomic E-state index is 13.0. The number of fused-ring (bicyclic) bond motifs is 1. The number of rotatable bonds is 7. The lowest BCUT2D eigenvalue weighted by Crippen LogP contribution is -2.41. The molecule has 1 aliphatic carbocycles. The van der Waals surface area contributed by atoms with E-state index in [0.717, 1.165) is 25.7 Å². The van der Waals surface area contributed by atoms with Gasteiger partial charge in [0.1, 0.15) is 0 Å². The van der Waals surface area contributed by atoms with Crippen LogP contribution in [-0.2, 0) is 35.7 Å². The van der Waals surface area contributed by atoms with Crippen LogP contribution in [0.3, 0.4) is 0 Å². The molecule has 3 fully saturated rings. The maximum atomic E-state index is 13.0. The largest absolute Gasteiger partial charge is 0.379 e. The van der Waals surface area contributed by atoms with E-state index in [9.17, 15) is 22.8 Å². The molecule has 174 valence electrons. The summed E-state index contributed by atoms with van der Waals surface area (Å²) in [6.07, 6.45) is 3.40. The molecule has 1 aromatic carbocycles. The lowest BCUT2D eigenvalue weighted by molar-refractivity contribution is -0.140. The van der Waals surface area contributed by atoms with Gasteiger partial charge < -0.3 is 10.1 Å². The minimum Gasteiger partial charge on any atom is -0.379 e. The number of imide groups is 1. The molecular weight excluding hydrogens is 434 g/mol. The van der Waals surface area contributed by atoms with E-state index >= 15 is 0 Å². The summed E-state index contributed by atoms with van der Waals surface area (Å²) in [7, 11) is -3.69. The SMILES string of the molecule is O=C(CCN1C(=O)C2CCCCC2C1=O)NCc1ccccc1S(=O)(=O)N1CCOCC1. The summed E-state index contributed by atoms with van der Waals surface area (Å²) < 4.78 is 32.7. The van der Waals surface area contributed by atoms with Crippen LogP contribution in [-0.4, -0.2) is 68.2 Å². The topological polar surface area (TPSA) is 113 Å². The molecule has 1 N–H and O–H groups in total. The molecule has 2 atom stereocenters. The third-order valence-electron chi connectivity index (χ3n) is 6.53. The number of sulfonamides is 1. The summed E-state index contributed by atoms with van der Waals surface area (Å²) in [5, 5.41) is 2.73. The number of hydrogen-bond acceptors (Lipinski definition) is 6. The van der Waals surface area contributed by atoms with E-state index in [0.29, 0.717) is 31.9 Å². The Hall–Kier alpha value is -2.30. The Labute approximate surface area is 188 Å². The van der Waals surface area contributed by atoms with Gasteiger partial charge in [-0.05, 0) is 24.5 Å². The Morgan fingerprint density at radius 3 is 2.31 bits per heavy atom. The first-order valence-electron chi connectivity index (χ1n) is 11.2. The van der Waals surface area contributed by atoms with Crippen molar-refractivity contribution < 1.29 is 27.5 Å². The van der Waals surface area contributed by atoms with Gasteiger partial charge in [0, 0.05) is 32.6 Å². The average Bonchev–Trinajstić information content (AvgIpc) is 3.07. The number of amides is 3. The molecule has 1 aromatic rings. The van der Waals surface area contributed by atoms with E-state index in [-0.39, 0.29) is 54.0 Å². The first kappa shape index (κ1) is 22.9. The molecule has 0 spiro atoms. The number of carbonyl (C=O) groups is 3. The second kappa shape index (κ2) is 9.68. The van der Waals surface area contributed by atoms with Crippen LogP contribution in [0.15, 0.2) is 29.2 Å². The monoisotopic (exact) mass is 463 g/mol. The molecular formula is C22H29N3O6S. The molecule has 1 saturated carbocycles. The predicted octanol–water partition coefficient (Wildman–Crippen LogP) is 0.889. The van der Waals surface area contributed by atoms with Crippen molar-refractivity contribution in [3.63, 3.8) is 0 Å². The van der Waals surface area contributed by atoms with E-state index in [4.69, 9.17) is 4.74 Å². The van der Waals surface area contributed by atoms with Crippen LogP contribution in [0.25, 0.3) is 0 Å². The third-order valence-corrected chi connectivity index (χ3v) is 8.53. The Bertz CT molecular complexity index is 965. The summed E-state index contributed by atoms with van der Waals surface area (Å²) in [5.41, 5.74) is 0.492. The van der Waals surface area contributed by atoms with Crippen LogP contribution in [0, 0.1) is 11.8 Å². The average molecular weight is 464 g/mol. The molecule has 4 rings (SSSR count). The standard InChI is InChI=1S/C22H29N3O6S/c26-20(9-10-25-21(27)17-6-2-3-7-18(17)22(25)28)23-15-16-5-1-4-8-19(16)32(29,30)24-11-13-31-14-12-24/h1,4-5,8,17-18H,2-3,6-7,9-15H2,(H,23,26). The summed E-state index contributed by atoms with van der Waals surface area (Å²) in [6, 6.07) is 6.59. The van der Waals surface area contributed by atoms with Crippen molar-refractivity contribution in [2.24, 2.45) is 11.8 Å². The number of carbonyl (C=O) groups excluding carboxylic acids is 3. The number of morpholine rings is 1. The first-order valence-corrected chi connectivity index (χ1v) is 12.6. The molecule has 0 radical (unpaired) electrons. The molecule has 2 saturated heterocycles. The van der Waals surface area contributed by atoms with Crippen LogP contribution < -0.4 is 5.32 Å². The molecule has 32 heavy (non-hydrogen) atoms. The highest BCUT2D eigenvalue weighted by atomic mass is 32.2. The zero-order valence-corrected chi connectivity index (χ0v) is 18.8. The van der Waals surface area contributed by atoms with Gasteiger partial charge in [0.25, 0.3) is 0 Å². The fraction of sp³-hybridized carbons (Fsp3) is 0.591. The molecule has 2 aliphatic heterocycles. The van der Waals surface area contributed by atoms with Crippen molar-refractivity contribution in [3.05, 3.63) is 29.8 Å². The molecule has 2 unspecified atom stereocenters. The molecule has 3 aliphatic rings. The van der Waals surface area contributed by atoms with Gasteiger partial charge in [-0.2, -0.15) is 4.31 Å². The molecule has 9 nitrogen and oxygen atoms in total. The zero-order valence-electron chi connectivity index (χ0n) is 18.0. The van der Waals surface area contributed by atoms with E-state index in [2.05, 4.69) is 5.32 Å². The van der Waals surface area contributed by atoms with Crippen molar-refractivity contribution in [2.75, 3.05) is 32.8 Å². The Balaban J connectivity index is 1.35. The summed E-state index contributed by atoms with van der Waals surface area (Å²) >= 11 is 0. The fourth-order valence-corrected chi connectivity index (χ4v) is 6.40. The molecule has 0 aromatic heterocycles. The summed E-state index contributed by atoms with van der Waals surface area (Å²) in [4.78, 5) is 38.9. The normalized spacial score (nSPS) is 24.4. The van der Waals surface area contributed by atoms with Gasteiger partial charge in [-0.3, -0.25) is 19.3 Å². The zero-order chi connectivity index (χ0) is 22.7. The maximum Gasteiger partial charge on any atom is 0.243 e. The lowest BCUT2D eigenvalue weighted by atomic mass is 9.81. The Kier molecular flexibility index (Phi) is 6.92. The second-order valence-corrected chi connectivity index (χ2v) is 10.4. The number of nitrogens with one attached hydrogen (secondary N) is 1. The Morgan fingerprint density at radius 1 is 1.03 bits per heavy atom. The van der Waals surface area contributed by atoms with Crippen LogP contribution in [0.5, 0.6) is 0 Å². The fourth-order valence-electron chi connectivity index (χ4n) is 4.77. The Morgan fingerprint density at radius 2 is 1.66 bits per heavy atom. The summed E-state index contributed by atoms with van der Waals surface area (Å²) in [6.45, 7) is 1.41. The van der Waals surface area contributed by atoms with Crippen LogP contribution in [0.1, 0.15) is 37.7 Å². The van der Waals surface area contributed by atoms with Gasteiger partial charge in [-0.25, -0.2) is 8.42 Å². The highest BCUT2D eigenvalue weighted by Gasteiger charge is 2.47. The smallest absolute Gasteiger partial charge is 0.243 e. The molecule has 2 heterocycles. The minimum absolute atomic E-state index is 0.00466. The van der Waals surface area contributed by atoms with Gasteiger partial charge in [0.15, 0.2) is 0 Å². The van der Waals surface area contributed by atoms with Crippen LogP contribution in [0.2, 0.25) is 0 Å². The minimum atomic E-state index is -3.69. The van der Waals surface area contributed by atoms with Gasteiger partial charge >= 0.3 is 0 Å². The highest BCUT2D eigenvalue weighted by Crippen LogP contribution is 2.37. The van der Waals surface area contributed by atoms with Gasteiger partial charge in [-0.1, -0.05) is 31.0 Å². The van der Waals surface area contributed by atoms with E-state index in [1.165, 1.54) is 15.3 Å².